The molecular formula is C20H15F5N6O. The van der Waals surface area contributed by atoms with Crippen molar-refractivity contribution in [3.05, 3.63) is 64.9 Å². The van der Waals surface area contributed by atoms with Gasteiger partial charge in [-0.1, -0.05) is 0 Å². The molecule has 1 N–H and O–H groups in total. The summed E-state index contributed by atoms with van der Waals surface area (Å²) >= 11 is 0. The van der Waals surface area contributed by atoms with Crippen molar-refractivity contribution < 1.29 is 27.1 Å². The van der Waals surface area contributed by atoms with Crippen LogP contribution in [0.3, 0.4) is 0 Å². The number of aliphatic hydroxyl groups is 1. The first-order valence-corrected chi connectivity index (χ1v) is 9.39. The summed E-state index contributed by atoms with van der Waals surface area (Å²) in [5, 5.41) is 27.6. The highest BCUT2D eigenvalue weighted by Crippen LogP contribution is 2.41. The van der Waals surface area contributed by atoms with E-state index in [4.69, 9.17) is 0 Å². The number of benzene rings is 1. The molecule has 3 heterocycles. The fourth-order valence-corrected chi connectivity index (χ4v) is 3.80. The maximum Gasteiger partial charge on any atom is 0.417 e. The molecule has 1 saturated heterocycles. The maximum atomic E-state index is 13.8. The van der Waals surface area contributed by atoms with Crippen molar-refractivity contribution >= 4 is 5.82 Å². The smallest absolute Gasteiger partial charge is 0.391 e. The van der Waals surface area contributed by atoms with Crippen molar-refractivity contribution in [1.82, 2.24) is 19.7 Å². The Morgan fingerprint density at radius 1 is 1.19 bits per heavy atom. The molecule has 0 radical (unpaired) electrons. The molecule has 7 nitrogen and oxygen atoms in total. The number of rotatable bonds is 3. The monoisotopic (exact) mass is 450 g/mol. The summed E-state index contributed by atoms with van der Waals surface area (Å²) in [7, 11) is 0. The highest BCUT2D eigenvalue weighted by molar-refractivity contribution is 5.61. The van der Waals surface area contributed by atoms with Crippen LogP contribution in [0.4, 0.5) is 27.8 Å². The largest absolute Gasteiger partial charge is 0.417 e. The van der Waals surface area contributed by atoms with Gasteiger partial charge in [0.2, 0.25) is 0 Å². The molecule has 3 aromatic rings. The molecule has 2 atom stereocenters. The van der Waals surface area contributed by atoms with Crippen LogP contribution < -0.4 is 4.90 Å². The minimum atomic E-state index is -4.78. The summed E-state index contributed by atoms with van der Waals surface area (Å²) in [5.74, 6) is -2.24. The number of nitrogens with zero attached hydrogens (tertiary/aromatic N) is 6. The van der Waals surface area contributed by atoms with Crippen LogP contribution in [0.5, 0.6) is 0 Å². The third kappa shape index (κ3) is 3.75. The highest BCUT2D eigenvalue weighted by atomic mass is 19.4. The van der Waals surface area contributed by atoms with Gasteiger partial charge in [0, 0.05) is 24.7 Å². The quantitative estimate of drug-likeness (QED) is 0.615. The first-order valence-electron chi connectivity index (χ1n) is 9.39. The molecule has 0 amide bonds. The van der Waals surface area contributed by atoms with Gasteiger partial charge in [-0.05, 0) is 25.1 Å². The average Bonchev–Trinajstić information content (AvgIpc) is 3.35. The Morgan fingerprint density at radius 2 is 1.94 bits per heavy atom. The van der Waals surface area contributed by atoms with Crippen LogP contribution in [0, 0.1) is 29.9 Å². The standard InChI is InChI=1S/C20H15F5N6O/c1-10-4-14(20(23,24)25)13(7-26)18(28-10)30-8-12(32)6-17(30)19-29-27-9-31(19)11-2-3-15(21)16(22)5-11/h2-5,9,12,17,32H,6,8H2,1H3/t12-,17-/m0/s1. The fourth-order valence-electron chi connectivity index (χ4n) is 3.80. The summed E-state index contributed by atoms with van der Waals surface area (Å²) in [5.41, 5.74) is -1.60. The van der Waals surface area contributed by atoms with Gasteiger partial charge < -0.3 is 10.0 Å². The van der Waals surface area contributed by atoms with Gasteiger partial charge in [-0.15, -0.1) is 10.2 Å². The molecule has 0 bridgehead atoms. The number of alkyl halides is 3. The van der Waals surface area contributed by atoms with Crippen molar-refractivity contribution in [3.8, 4) is 11.8 Å². The van der Waals surface area contributed by atoms with Gasteiger partial charge in [0.15, 0.2) is 17.5 Å². The molecule has 166 valence electrons. The third-order valence-electron chi connectivity index (χ3n) is 5.15. The van der Waals surface area contributed by atoms with E-state index in [1.54, 1.807) is 6.07 Å². The van der Waals surface area contributed by atoms with Crippen LogP contribution >= 0.6 is 0 Å². The predicted octanol–water partition coefficient (Wildman–Crippen LogP) is 3.45. The van der Waals surface area contributed by atoms with Gasteiger partial charge in [-0.3, -0.25) is 4.57 Å². The van der Waals surface area contributed by atoms with Crippen LogP contribution in [0.15, 0.2) is 30.6 Å². The fraction of sp³-hybridized carbons (Fsp3) is 0.300. The van der Waals surface area contributed by atoms with Crippen molar-refractivity contribution in [2.75, 3.05) is 11.4 Å². The van der Waals surface area contributed by atoms with Gasteiger partial charge >= 0.3 is 6.18 Å². The lowest BCUT2D eigenvalue weighted by atomic mass is 10.1. The number of nitriles is 1. The average molecular weight is 450 g/mol. The number of halogens is 5. The maximum absolute atomic E-state index is 13.8. The van der Waals surface area contributed by atoms with E-state index in [-0.39, 0.29) is 36.0 Å². The summed E-state index contributed by atoms with van der Waals surface area (Å²) in [4.78, 5) is 5.50. The Labute approximate surface area is 178 Å². The molecule has 1 fully saturated rings. The highest BCUT2D eigenvalue weighted by Gasteiger charge is 2.41. The molecular weight excluding hydrogens is 435 g/mol. The van der Waals surface area contributed by atoms with Crippen LogP contribution in [0.25, 0.3) is 5.69 Å². The zero-order valence-electron chi connectivity index (χ0n) is 16.5. The molecule has 0 spiro atoms. The van der Waals surface area contributed by atoms with Gasteiger partial charge in [0.1, 0.15) is 23.8 Å². The van der Waals surface area contributed by atoms with Crippen LogP contribution in [-0.2, 0) is 6.18 Å². The Hall–Kier alpha value is -3.59. The second-order valence-electron chi connectivity index (χ2n) is 7.33. The molecule has 2 aromatic heterocycles. The molecule has 1 aliphatic heterocycles. The lowest BCUT2D eigenvalue weighted by Gasteiger charge is -2.27. The molecule has 4 rings (SSSR count). The van der Waals surface area contributed by atoms with Crippen molar-refractivity contribution in [2.45, 2.75) is 31.7 Å². The van der Waals surface area contributed by atoms with Crippen LogP contribution in [0.1, 0.15) is 35.1 Å². The van der Waals surface area contributed by atoms with E-state index < -0.39 is 41.1 Å². The van der Waals surface area contributed by atoms with E-state index in [0.717, 1.165) is 18.2 Å². The van der Waals surface area contributed by atoms with Crippen molar-refractivity contribution in [3.63, 3.8) is 0 Å². The van der Waals surface area contributed by atoms with E-state index >= 15 is 0 Å². The predicted molar refractivity (Wildman–Crippen MR) is 101 cm³/mol. The summed E-state index contributed by atoms with van der Waals surface area (Å²) < 4.78 is 69.1. The van der Waals surface area contributed by atoms with E-state index in [9.17, 15) is 32.3 Å². The van der Waals surface area contributed by atoms with E-state index in [1.165, 1.54) is 28.8 Å². The first kappa shape index (κ1) is 21.6. The first-order chi connectivity index (χ1) is 15.1. The van der Waals surface area contributed by atoms with Crippen LogP contribution in [-0.4, -0.2) is 37.5 Å². The molecule has 0 unspecified atom stereocenters. The second kappa shape index (κ2) is 7.83. The van der Waals surface area contributed by atoms with E-state index in [2.05, 4.69) is 15.2 Å². The molecule has 12 heteroatoms. The number of aryl methyl sites for hydroxylation is 1. The summed E-state index contributed by atoms with van der Waals surface area (Å²) in [6.45, 7) is 1.25. The Kier molecular flexibility index (Phi) is 5.29. The third-order valence-corrected chi connectivity index (χ3v) is 5.15. The summed E-state index contributed by atoms with van der Waals surface area (Å²) in [6, 6.07) is 4.66. The number of anilines is 1. The zero-order valence-corrected chi connectivity index (χ0v) is 16.5. The lowest BCUT2D eigenvalue weighted by Crippen LogP contribution is -2.29. The topological polar surface area (TPSA) is 90.9 Å². The van der Waals surface area contributed by atoms with Crippen molar-refractivity contribution in [2.24, 2.45) is 0 Å². The molecule has 0 saturated carbocycles. The molecule has 1 aromatic carbocycles. The van der Waals surface area contributed by atoms with Gasteiger partial charge in [0.05, 0.1) is 23.4 Å². The Balaban J connectivity index is 1.84. The second-order valence-corrected chi connectivity index (χ2v) is 7.33. The molecule has 0 aliphatic carbocycles. The number of pyridine rings is 1. The van der Waals surface area contributed by atoms with Crippen molar-refractivity contribution in [1.29, 1.82) is 5.26 Å². The van der Waals surface area contributed by atoms with E-state index in [0.29, 0.717) is 0 Å². The van der Waals surface area contributed by atoms with Gasteiger partial charge in [0.25, 0.3) is 0 Å². The Morgan fingerprint density at radius 3 is 2.59 bits per heavy atom. The Bertz CT molecular complexity index is 1220. The minimum Gasteiger partial charge on any atom is -0.391 e. The number of β-amino-alcohol motifs (C(OH)–C–C–N with tert-alkyl or cyclic N) is 1. The van der Waals surface area contributed by atoms with E-state index in [1.807, 2.05) is 0 Å². The molecule has 1 aliphatic rings. The zero-order chi connectivity index (χ0) is 23.2. The van der Waals surface area contributed by atoms with Crippen LogP contribution in [0.2, 0.25) is 0 Å². The summed E-state index contributed by atoms with van der Waals surface area (Å²) in [6.07, 6.45) is -4.46. The number of hydrogen-bond acceptors (Lipinski definition) is 6. The normalized spacial score (nSPS) is 18.8. The minimum absolute atomic E-state index is 0.0357. The SMILES string of the molecule is Cc1cc(C(F)(F)F)c(C#N)c(N2C[C@@H](O)C[C@H]2c2nncn2-c2ccc(F)c(F)c2)n1. The van der Waals surface area contributed by atoms with Gasteiger partial charge in [-0.25, -0.2) is 13.8 Å². The number of aromatic nitrogens is 4. The molecule has 32 heavy (non-hydrogen) atoms. The van der Waals surface area contributed by atoms with Gasteiger partial charge in [-0.2, -0.15) is 18.4 Å². The number of aliphatic hydroxyl groups excluding tert-OH is 1. The number of hydrogen-bond donors (Lipinski definition) is 1. The lowest BCUT2D eigenvalue weighted by molar-refractivity contribution is -0.137.